The molecule has 3 rings (SSSR count). The van der Waals surface area contributed by atoms with Crippen molar-refractivity contribution in [2.45, 2.75) is 51.6 Å². The van der Waals surface area contributed by atoms with Gasteiger partial charge in [0, 0.05) is 0 Å². The van der Waals surface area contributed by atoms with Crippen LogP contribution < -0.4 is 4.74 Å². The molecule has 1 aliphatic heterocycles. The third-order valence-corrected chi connectivity index (χ3v) is 4.29. The molecule has 2 atom stereocenters. The molecular weight excluding hydrogens is 224 g/mol. The number of benzene rings is 1. The molecule has 96 valence electrons. The molecular formula is C16H20O2. The van der Waals surface area contributed by atoms with Gasteiger partial charge in [0.25, 0.3) is 0 Å². The van der Waals surface area contributed by atoms with Crippen LogP contribution in [0.2, 0.25) is 0 Å². The van der Waals surface area contributed by atoms with E-state index in [1.807, 2.05) is 25.1 Å². The summed E-state index contributed by atoms with van der Waals surface area (Å²) in [6.07, 6.45) is 5.05. The Labute approximate surface area is 108 Å². The Morgan fingerprint density at radius 3 is 3.00 bits per heavy atom. The SMILES string of the molecule is Cc1ccc2c(c1)C(=O)CC1(CCCC(C)C1)O2. The van der Waals surface area contributed by atoms with Crippen molar-refractivity contribution >= 4 is 5.78 Å². The maximum atomic E-state index is 12.3. The third-order valence-electron chi connectivity index (χ3n) is 4.29. The Hall–Kier alpha value is -1.31. The highest BCUT2D eigenvalue weighted by Crippen LogP contribution is 2.43. The zero-order valence-electron chi connectivity index (χ0n) is 11.2. The molecule has 2 unspecified atom stereocenters. The number of aryl methyl sites for hydroxylation is 1. The molecule has 1 spiro atoms. The van der Waals surface area contributed by atoms with Crippen LogP contribution in [-0.2, 0) is 0 Å². The fraction of sp³-hybridized carbons (Fsp3) is 0.562. The smallest absolute Gasteiger partial charge is 0.170 e. The highest BCUT2D eigenvalue weighted by atomic mass is 16.5. The van der Waals surface area contributed by atoms with Gasteiger partial charge >= 0.3 is 0 Å². The van der Waals surface area contributed by atoms with Gasteiger partial charge in [0.15, 0.2) is 5.78 Å². The first-order valence-electron chi connectivity index (χ1n) is 6.91. The van der Waals surface area contributed by atoms with Crippen LogP contribution in [0.3, 0.4) is 0 Å². The predicted molar refractivity (Wildman–Crippen MR) is 71.1 cm³/mol. The lowest BCUT2D eigenvalue weighted by atomic mass is 9.74. The number of carbonyl (C=O) groups is 1. The number of ether oxygens (including phenoxy) is 1. The van der Waals surface area contributed by atoms with Crippen LogP contribution >= 0.6 is 0 Å². The number of rotatable bonds is 0. The van der Waals surface area contributed by atoms with Crippen LogP contribution in [0.4, 0.5) is 0 Å². The second kappa shape index (κ2) is 4.11. The molecule has 0 amide bonds. The van der Waals surface area contributed by atoms with E-state index in [-0.39, 0.29) is 11.4 Å². The molecule has 1 aromatic rings. The van der Waals surface area contributed by atoms with E-state index in [4.69, 9.17) is 4.74 Å². The average Bonchev–Trinajstić information content (AvgIpc) is 2.30. The van der Waals surface area contributed by atoms with Crippen molar-refractivity contribution in [3.63, 3.8) is 0 Å². The molecule has 1 aromatic carbocycles. The van der Waals surface area contributed by atoms with Gasteiger partial charge in [-0.25, -0.2) is 0 Å². The van der Waals surface area contributed by atoms with Gasteiger partial charge in [-0.3, -0.25) is 4.79 Å². The number of Topliss-reactive ketones (excluding diaryl/α,β-unsaturated/α-hetero) is 1. The lowest BCUT2D eigenvalue weighted by Gasteiger charge is -2.42. The first-order valence-corrected chi connectivity index (χ1v) is 6.91. The van der Waals surface area contributed by atoms with Crippen molar-refractivity contribution in [2.75, 3.05) is 0 Å². The van der Waals surface area contributed by atoms with E-state index in [9.17, 15) is 4.79 Å². The van der Waals surface area contributed by atoms with Crippen molar-refractivity contribution < 1.29 is 9.53 Å². The van der Waals surface area contributed by atoms with Crippen molar-refractivity contribution in [1.82, 2.24) is 0 Å². The molecule has 2 nitrogen and oxygen atoms in total. The van der Waals surface area contributed by atoms with E-state index in [1.165, 1.54) is 12.8 Å². The molecule has 0 bridgehead atoms. The lowest BCUT2D eigenvalue weighted by molar-refractivity contribution is -0.000834. The van der Waals surface area contributed by atoms with Gasteiger partial charge in [-0.1, -0.05) is 25.0 Å². The monoisotopic (exact) mass is 244 g/mol. The molecule has 2 heteroatoms. The van der Waals surface area contributed by atoms with E-state index in [1.54, 1.807) is 0 Å². The summed E-state index contributed by atoms with van der Waals surface area (Å²) in [4.78, 5) is 12.3. The molecule has 1 aliphatic carbocycles. The predicted octanol–water partition coefficient (Wildman–Crippen LogP) is 3.91. The summed E-state index contributed by atoms with van der Waals surface area (Å²) in [7, 11) is 0. The van der Waals surface area contributed by atoms with Crippen LogP contribution in [0.1, 0.15) is 54.9 Å². The van der Waals surface area contributed by atoms with Gasteiger partial charge in [-0.05, 0) is 44.2 Å². The molecule has 2 aliphatic rings. The van der Waals surface area contributed by atoms with Crippen LogP contribution in [0.25, 0.3) is 0 Å². The van der Waals surface area contributed by atoms with E-state index in [0.717, 1.165) is 29.7 Å². The Bertz CT molecular complexity index is 492. The topological polar surface area (TPSA) is 26.3 Å². The molecule has 1 saturated carbocycles. The maximum Gasteiger partial charge on any atom is 0.170 e. The third kappa shape index (κ3) is 1.94. The molecule has 1 heterocycles. The molecule has 0 radical (unpaired) electrons. The number of carbonyl (C=O) groups excluding carboxylic acids is 1. The minimum Gasteiger partial charge on any atom is -0.486 e. The first kappa shape index (κ1) is 11.8. The molecule has 0 N–H and O–H groups in total. The number of hydrogen-bond donors (Lipinski definition) is 0. The number of fused-ring (bicyclic) bond motifs is 1. The number of hydrogen-bond acceptors (Lipinski definition) is 2. The first-order chi connectivity index (χ1) is 8.58. The van der Waals surface area contributed by atoms with Crippen LogP contribution in [0, 0.1) is 12.8 Å². The highest BCUT2D eigenvalue weighted by Gasteiger charge is 2.43. The second-order valence-corrected chi connectivity index (χ2v) is 6.09. The van der Waals surface area contributed by atoms with E-state index >= 15 is 0 Å². The van der Waals surface area contributed by atoms with E-state index in [0.29, 0.717) is 12.3 Å². The Balaban J connectivity index is 1.96. The second-order valence-electron chi connectivity index (χ2n) is 6.09. The zero-order valence-corrected chi connectivity index (χ0v) is 11.2. The molecule has 0 saturated heterocycles. The van der Waals surface area contributed by atoms with Crippen LogP contribution in [-0.4, -0.2) is 11.4 Å². The summed E-state index contributed by atoms with van der Waals surface area (Å²) in [5.74, 6) is 1.72. The largest absolute Gasteiger partial charge is 0.486 e. The summed E-state index contributed by atoms with van der Waals surface area (Å²) in [6, 6.07) is 5.94. The van der Waals surface area contributed by atoms with Crippen molar-refractivity contribution in [3.8, 4) is 5.75 Å². The maximum absolute atomic E-state index is 12.3. The Kier molecular flexibility index (Phi) is 2.69. The van der Waals surface area contributed by atoms with Gasteiger partial charge < -0.3 is 4.74 Å². The average molecular weight is 244 g/mol. The Morgan fingerprint density at radius 2 is 2.22 bits per heavy atom. The molecule has 1 fully saturated rings. The highest BCUT2D eigenvalue weighted by molar-refractivity contribution is 6.00. The van der Waals surface area contributed by atoms with E-state index in [2.05, 4.69) is 6.92 Å². The van der Waals surface area contributed by atoms with Gasteiger partial charge in [-0.15, -0.1) is 0 Å². The van der Waals surface area contributed by atoms with Crippen LogP contribution in [0.15, 0.2) is 18.2 Å². The minimum absolute atomic E-state index is 0.211. The summed E-state index contributed by atoms with van der Waals surface area (Å²) in [6.45, 7) is 4.28. The molecule has 0 aromatic heterocycles. The van der Waals surface area contributed by atoms with Crippen molar-refractivity contribution in [3.05, 3.63) is 29.3 Å². The van der Waals surface area contributed by atoms with Crippen LogP contribution in [0.5, 0.6) is 5.75 Å². The van der Waals surface area contributed by atoms with E-state index < -0.39 is 0 Å². The standard InChI is InChI=1S/C16H20O2/c1-11-5-6-15-13(8-11)14(17)10-16(18-15)7-3-4-12(2)9-16/h5-6,8,12H,3-4,7,9-10H2,1-2H3. The summed E-state index contributed by atoms with van der Waals surface area (Å²) in [5.41, 5.74) is 1.69. The normalized spacial score (nSPS) is 31.0. The fourth-order valence-electron chi connectivity index (χ4n) is 3.47. The van der Waals surface area contributed by atoms with Gasteiger partial charge in [0.1, 0.15) is 11.4 Å². The summed E-state index contributed by atoms with van der Waals surface area (Å²) >= 11 is 0. The van der Waals surface area contributed by atoms with Gasteiger partial charge in [0.2, 0.25) is 0 Å². The van der Waals surface area contributed by atoms with Crippen molar-refractivity contribution in [1.29, 1.82) is 0 Å². The lowest BCUT2D eigenvalue weighted by Crippen LogP contribution is -2.45. The summed E-state index contributed by atoms with van der Waals surface area (Å²) < 4.78 is 6.24. The van der Waals surface area contributed by atoms with Gasteiger partial charge in [0.05, 0.1) is 12.0 Å². The number of ketones is 1. The zero-order chi connectivity index (χ0) is 12.8. The Morgan fingerprint density at radius 1 is 1.39 bits per heavy atom. The minimum atomic E-state index is -0.211. The summed E-state index contributed by atoms with van der Waals surface area (Å²) in [5, 5.41) is 0. The van der Waals surface area contributed by atoms with Crippen molar-refractivity contribution in [2.24, 2.45) is 5.92 Å². The quantitative estimate of drug-likeness (QED) is 0.691. The fourth-order valence-corrected chi connectivity index (χ4v) is 3.47. The van der Waals surface area contributed by atoms with Gasteiger partial charge in [-0.2, -0.15) is 0 Å². The molecule has 18 heavy (non-hydrogen) atoms.